The normalized spacial score (nSPS) is 11.3. The molecule has 0 atom stereocenters. The number of alkyl halides is 3. The van der Waals surface area contributed by atoms with Gasteiger partial charge in [-0.1, -0.05) is 0 Å². The smallest absolute Gasteiger partial charge is 0.465 e. The van der Waals surface area contributed by atoms with Crippen LogP contribution in [0.4, 0.5) is 13.2 Å². The second-order valence-corrected chi connectivity index (χ2v) is 9.35. The molecular weight excluding hydrogens is 461 g/mol. The van der Waals surface area contributed by atoms with Gasteiger partial charge in [-0.25, -0.2) is 13.2 Å². The summed E-state index contributed by atoms with van der Waals surface area (Å²) in [6.45, 7) is 9.52. The molecule has 10 heteroatoms. The molecule has 0 radical (unpaired) electrons. The fourth-order valence-corrected chi connectivity index (χ4v) is 4.39. The van der Waals surface area contributed by atoms with Gasteiger partial charge in [0.15, 0.2) is 12.6 Å². The summed E-state index contributed by atoms with van der Waals surface area (Å²) < 4.78 is 64.9. The quantitative estimate of drug-likeness (QED) is 0.449. The summed E-state index contributed by atoms with van der Waals surface area (Å²) in [6, 6.07) is 2.58. The fraction of sp³-hybridized carbons (Fsp3) is 0.348. The number of esters is 1. The molecule has 2 rings (SSSR count). The number of benzene rings is 2. The van der Waals surface area contributed by atoms with Crippen LogP contribution in [-0.2, 0) is 14.6 Å². The first-order valence-corrected chi connectivity index (χ1v) is 11.1. The molecule has 6 nitrogen and oxygen atoms in total. The zero-order chi connectivity index (χ0) is 25.9. The number of aryl methyl sites for hydroxylation is 2. The van der Waals surface area contributed by atoms with Crippen LogP contribution < -0.4 is 0 Å². The van der Waals surface area contributed by atoms with Crippen molar-refractivity contribution in [2.24, 2.45) is 0 Å². The van der Waals surface area contributed by atoms with Crippen molar-refractivity contribution < 1.29 is 40.7 Å². The van der Waals surface area contributed by atoms with E-state index in [1.54, 1.807) is 6.07 Å². The SMILES string of the molecule is COC(=O)c1cc(C)c(C=O)c(C)c1C.Cc1cc(S(=O)(=O)C(F)(F)F)c(C)c(C)c1C=O. The van der Waals surface area contributed by atoms with E-state index < -0.39 is 20.2 Å². The zero-order valence-corrected chi connectivity index (χ0v) is 20.1. The van der Waals surface area contributed by atoms with Crippen molar-refractivity contribution >= 4 is 28.4 Å². The molecule has 0 aliphatic heterocycles. The minimum absolute atomic E-state index is 0.0555. The van der Waals surface area contributed by atoms with E-state index in [9.17, 15) is 36.0 Å². The van der Waals surface area contributed by atoms with Crippen molar-refractivity contribution in [3.8, 4) is 0 Å². The van der Waals surface area contributed by atoms with Gasteiger partial charge in [0.25, 0.3) is 9.84 Å². The maximum Gasteiger partial charge on any atom is 0.501 e. The molecule has 0 saturated heterocycles. The molecule has 0 fully saturated rings. The molecule has 33 heavy (non-hydrogen) atoms. The van der Waals surface area contributed by atoms with Gasteiger partial charge in [0, 0.05) is 11.1 Å². The lowest BCUT2D eigenvalue weighted by Gasteiger charge is -2.15. The van der Waals surface area contributed by atoms with Crippen molar-refractivity contribution in [2.45, 2.75) is 51.9 Å². The molecule has 180 valence electrons. The Morgan fingerprint density at radius 1 is 0.818 bits per heavy atom. The minimum atomic E-state index is -5.39. The molecule has 0 aliphatic rings. The van der Waals surface area contributed by atoms with Crippen LogP contribution in [0, 0.1) is 41.5 Å². The van der Waals surface area contributed by atoms with Crippen LogP contribution in [0.5, 0.6) is 0 Å². The summed E-state index contributed by atoms with van der Waals surface area (Å²) in [4.78, 5) is 32.3. The molecular formula is C23H25F3O6S. The van der Waals surface area contributed by atoms with Gasteiger partial charge in [-0.05, 0) is 87.1 Å². The third-order valence-electron chi connectivity index (χ3n) is 5.50. The Morgan fingerprint density at radius 3 is 1.64 bits per heavy atom. The summed E-state index contributed by atoms with van der Waals surface area (Å²) in [5.41, 5.74) is -1.12. The number of carbonyl (C=O) groups is 3. The molecule has 0 N–H and O–H groups in total. The van der Waals surface area contributed by atoms with Gasteiger partial charge in [-0.2, -0.15) is 13.2 Å². The number of halogens is 3. The fourth-order valence-electron chi connectivity index (χ4n) is 3.26. The van der Waals surface area contributed by atoms with Crippen molar-refractivity contribution in [3.63, 3.8) is 0 Å². The van der Waals surface area contributed by atoms with Crippen LogP contribution in [0.15, 0.2) is 17.0 Å². The van der Waals surface area contributed by atoms with Gasteiger partial charge in [-0.3, -0.25) is 9.59 Å². The summed E-state index contributed by atoms with van der Waals surface area (Å²) in [7, 11) is -4.05. The van der Waals surface area contributed by atoms with Crippen LogP contribution in [0.25, 0.3) is 0 Å². The Balaban J connectivity index is 0.000000335. The average Bonchev–Trinajstić information content (AvgIpc) is 2.73. The number of aldehydes is 2. The average molecular weight is 487 g/mol. The van der Waals surface area contributed by atoms with Crippen molar-refractivity contribution in [3.05, 3.63) is 62.2 Å². The summed E-state index contributed by atoms with van der Waals surface area (Å²) in [5.74, 6) is -0.365. The lowest BCUT2D eigenvalue weighted by Crippen LogP contribution is -2.24. The standard InChI is InChI=1S/C12H14O3.C11H11F3O3S/c1-7-5-10(12(14)15-4)8(2)9(3)11(7)6-13;1-6-4-10(18(16,17)11(12,13)14)8(3)7(2)9(6)5-15/h5-6H,1-4H3;4-5H,1-3H3. The predicted molar refractivity (Wildman–Crippen MR) is 117 cm³/mol. The van der Waals surface area contributed by atoms with Gasteiger partial charge in [0.2, 0.25) is 0 Å². The lowest BCUT2D eigenvalue weighted by molar-refractivity contribution is -0.0436. The first-order valence-electron chi connectivity index (χ1n) is 9.58. The largest absolute Gasteiger partial charge is 0.501 e. The van der Waals surface area contributed by atoms with Gasteiger partial charge >= 0.3 is 11.5 Å². The van der Waals surface area contributed by atoms with Gasteiger partial charge < -0.3 is 4.74 Å². The Labute approximate surface area is 190 Å². The topological polar surface area (TPSA) is 94.6 Å². The number of sulfone groups is 1. The van der Waals surface area contributed by atoms with E-state index in [4.69, 9.17) is 0 Å². The van der Waals surface area contributed by atoms with Gasteiger partial charge in [0.1, 0.15) is 0 Å². The Morgan fingerprint density at radius 2 is 1.24 bits per heavy atom. The first kappa shape index (κ1) is 28.0. The molecule has 2 aromatic carbocycles. The van der Waals surface area contributed by atoms with Gasteiger partial charge in [0.05, 0.1) is 17.6 Å². The van der Waals surface area contributed by atoms with Crippen molar-refractivity contribution in [2.75, 3.05) is 7.11 Å². The molecule has 0 heterocycles. The third-order valence-corrected chi connectivity index (χ3v) is 7.11. The number of methoxy groups -OCH3 is 1. The second-order valence-electron chi connectivity index (χ2n) is 7.44. The summed E-state index contributed by atoms with van der Waals surface area (Å²) in [6.07, 6.45) is 1.32. The van der Waals surface area contributed by atoms with Crippen LogP contribution in [0.2, 0.25) is 0 Å². The minimum Gasteiger partial charge on any atom is -0.465 e. The number of hydrogen-bond acceptors (Lipinski definition) is 6. The highest BCUT2D eigenvalue weighted by Crippen LogP contribution is 2.34. The Hall–Kier alpha value is -3.01. The van der Waals surface area contributed by atoms with Crippen LogP contribution in [-0.4, -0.2) is 39.6 Å². The zero-order valence-electron chi connectivity index (χ0n) is 19.3. The predicted octanol–water partition coefficient (Wildman–Crippen LogP) is 4.93. The number of hydrogen-bond donors (Lipinski definition) is 0. The lowest BCUT2D eigenvalue weighted by atomic mass is 9.94. The number of rotatable bonds is 4. The van der Waals surface area contributed by atoms with E-state index in [1.807, 2.05) is 20.8 Å². The molecule has 0 amide bonds. The van der Waals surface area contributed by atoms with E-state index >= 15 is 0 Å². The van der Waals surface area contributed by atoms with E-state index in [0.717, 1.165) is 29.0 Å². The van der Waals surface area contributed by atoms with Crippen molar-refractivity contribution in [1.29, 1.82) is 0 Å². The van der Waals surface area contributed by atoms with Gasteiger partial charge in [-0.15, -0.1) is 0 Å². The maximum atomic E-state index is 12.5. The van der Waals surface area contributed by atoms with E-state index in [2.05, 4.69) is 4.74 Å². The molecule has 2 aromatic rings. The Kier molecular flexibility index (Phi) is 8.73. The summed E-state index contributed by atoms with van der Waals surface area (Å²) in [5, 5.41) is 0. The summed E-state index contributed by atoms with van der Waals surface area (Å²) >= 11 is 0. The first-order chi connectivity index (χ1) is 15.1. The second kappa shape index (κ2) is 10.3. The molecule has 0 aromatic heterocycles. The molecule has 0 bridgehead atoms. The van der Waals surface area contributed by atoms with Crippen molar-refractivity contribution in [1.82, 2.24) is 0 Å². The third kappa shape index (κ3) is 5.50. The van der Waals surface area contributed by atoms with Crippen LogP contribution >= 0.6 is 0 Å². The monoisotopic (exact) mass is 486 g/mol. The maximum absolute atomic E-state index is 12.5. The van der Waals surface area contributed by atoms with E-state index in [0.29, 0.717) is 17.4 Å². The van der Waals surface area contributed by atoms with Crippen LogP contribution in [0.3, 0.4) is 0 Å². The molecule has 0 spiro atoms. The number of carbonyl (C=O) groups excluding carboxylic acids is 3. The van der Waals surface area contributed by atoms with Crippen LogP contribution in [0.1, 0.15) is 64.5 Å². The highest BCUT2D eigenvalue weighted by molar-refractivity contribution is 7.92. The van der Waals surface area contributed by atoms with E-state index in [-0.39, 0.29) is 28.2 Å². The molecule has 0 aliphatic carbocycles. The molecule has 0 unspecified atom stereocenters. The Bertz CT molecular complexity index is 1210. The van der Waals surface area contributed by atoms with E-state index in [1.165, 1.54) is 27.9 Å². The number of ether oxygens (including phenoxy) is 1. The highest BCUT2D eigenvalue weighted by atomic mass is 32.2. The molecule has 0 saturated carbocycles. The highest BCUT2D eigenvalue weighted by Gasteiger charge is 2.47.